The summed E-state index contributed by atoms with van der Waals surface area (Å²) in [6.07, 6.45) is 5.89. The van der Waals surface area contributed by atoms with Crippen molar-refractivity contribution in [2.24, 2.45) is 0 Å². The van der Waals surface area contributed by atoms with E-state index in [0.29, 0.717) is 17.9 Å². The van der Waals surface area contributed by atoms with Crippen LogP contribution >= 0.6 is 11.6 Å². The first kappa shape index (κ1) is 10.2. The maximum absolute atomic E-state index is 10.2. The van der Waals surface area contributed by atoms with Gasteiger partial charge in [-0.05, 0) is 13.3 Å². The molecule has 2 nitrogen and oxygen atoms in total. The fourth-order valence-electron chi connectivity index (χ4n) is 0.491. The molecular formula is C8H11ClO2. The molecule has 0 aliphatic rings. The minimum atomic E-state index is -0.871. The Morgan fingerprint density at radius 1 is 1.55 bits per heavy atom. The zero-order valence-corrected chi connectivity index (χ0v) is 7.14. The number of aliphatic carboxylic acids is 1. The van der Waals surface area contributed by atoms with E-state index >= 15 is 0 Å². The molecule has 3 heteroatoms. The summed E-state index contributed by atoms with van der Waals surface area (Å²) in [7, 11) is 0. The number of carboxylic acid groups (broad SMARTS) is 1. The van der Waals surface area contributed by atoms with Crippen LogP contribution < -0.4 is 0 Å². The molecule has 0 amide bonds. The van der Waals surface area contributed by atoms with Crippen LogP contribution in [0.15, 0.2) is 23.8 Å². The fourth-order valence-corrected chi connectivity index (χ4v) is 0.617. The summed E-state index contributed by atoms with van der Waals surface area (Å²) in [6.45, 7) is 1.57. The van der Waals surface area contributed by atoms with Crippen LogP contribution in [0.3, 0.4) is 0 Å². The van der Waals surface area contributed by atoms with Gasteiger partial charge in [-0.1, -0.05) is 18.2 Å². The molecule has 0 aliphatic carbocycles. The van der Waals surface area contributed by atoms with Gasteiger partial charge in [-0.3, -0.25) is 0 Å². The third-order valence-corrected chi connectivity index (χ3v) is 1.33. The average molecular weight is 175 g/mol. The Kier molecular flexibility index (Phi) is 5.57. The van der Waals surface area contributed by atoms with Gasteiger partial charge in [-0.15, -0.1) is 11.6 Å². The summed E-state index contributed by atoms with van der Waals surface area (Å²) >= 11 is 5.36. The summed E-state index contributed by atoms with van der Waals surface area (Å²) in [5.74, 6) is -0.399. The standard InChI is InChI=1S/C8H11ClO2/c1-7(8(10)11)5-3-2-4-6-9/h2,4-5H,3,6H2,1H3,(H,10,11). The Balaban J connectivity index is 3.74. The molecule has 0 spiro atoms. The highest BCUT2D eigenvalue weighted by Gasteiger charge is 1.95. The van der Waals surface area contributed by atoms with E-state index in [4.69, 9.17) is 16.7 Å². The number of carbonyl (C=O) groups is 1. The molecule has 0 heterocycles. The first-order valence-corrected chi connectivity index (χ1v) is 3.83. The predicted molar refractivity (Wildman–Crippen MR) is 45.9 cm³/mol. The minimum Gasteiger partial charge on any atom is -0.478 e. The van der Waals surface area contributed by atoms with Gasteiger partial charge in [-0.25, -0.2) is 4.79 Å². The monoisotopic (exact) mass is 174 g/mol. The Labute approximate surface area is 71.2 Å². The largest absolute Gasteiger partial charge is 0.478 e. The van der Waals surface area contributed by atoms with Gasteiger partial charge in [0, 0.05) is 11.5 Å². The van der Waals surface area contributed by atoms with E-state index < -0.39 is 5.97 Å². The van der Waals surface area contributed by atoms with Crippen LogP contribution in [0.2, 0.25) is 0 Å². The van der Waals surface area contributed by atoms with Crippen LogP contribution in [-0.4, -0.2) is 17.0 Å². The van der Waals surface area contributed by atoms with Gasteiger partial charge in [0.2, 0.25) is 0 Å². The van der Waals surface area contributed by atoms with Crippen LogP contribution in [0, 0.1) is 0 Å². The van der Waals surface area contributed by atoms with Crippen molar-refractivity contribution in [3.05, 3.63) is 23.8 Å². The second kappa shape index (κ2) is 5.98. The summed E-state index contributed by atoms with van der Waals surface area (Å²) in [5, 5.41) is 8.42. The number of carboxylic acids is 1. The van der Waals surface area contributed by atoms with Crippen molar-refractivity contribution in [1.82, 2.24) is 0 Å². The van der Waals surface area contributed by atoms with Gasteiger partial charge in [0.1, 0.15) is 0 Å². The van der Waals surface area contributed by atoms with Crippen molar-refractivity contribution in [3.8, 4) is 0 Å². The van der Waals surface area contributed by atoms with E-state index in [-0.39, 0.29) is 0 Å². The maximum atomic E-state index is 10.2. The number of hydrogen-bond acceptors (Lipinski definition) is 1. The molecule has 0 aromatic rings. The zero-order chi connectivity index (χ0) is 8.69. The number of halogens is 1. The normalized spacial score (nSPS) is 12.4. The minimum absolute atomic E-state index is 0.365. The zero-order valence-electron chi connectivity index (χ0n) is 6.38. The molecule has 0 rings (SSSR count). The molecule has 0 saturated heterocycles. The van der Waals surface area contributed by atoms with Crippen molar-refractivity contribution in [2.75, 3.05) is 5.88 Å². The third kappa shape index (κ3) is 5.67. The Morgan fingerprint density at radius 3 is 2.64 bits per heavy atom. The van der Waals surface area contributed by atoms with E-state index in [0.717, 1.165) is 0 Å². The lowest BCUT2D eigenvalue weighted by Gasteiger charge is -1.88. The van der Waals surface area contributed by atoms with Crippen LogP contribution in [0.5, 0.6) is 0 Å². The summed E-state index contributed by atoms with van der Waals surface area (Å²) < 4.78 is 0. The first-order chi connectivity index (χ1) is 5.18. The lowest BCUT2D eigenvalue weighted by Crippen LogP contribution is -1.94. The predicted octanol–water partition coefficient (Wildman–Crippen LogP) is 2.20. The summed E-state index contributed by atoms with van der Waals surface area (Å²) in [5.41, 5.74) is 0.365. The molecule has 11 heavy (non-hydrogen) atoms. The molecule has 0 aromatic carbocycles. The average Bonchev–Trinajstić information content (AvgIpc) is 1.97. The lowest BCUT2D eigenvalue weighted by atomic mass is 10.2. The molecule has 0 radical (unpaired) electrons. The molecule has 0 saturated carbocycles. The second-order valence-corrected chi connectivity index (χ2v) is 2.36. The SMILES string of the molecule is CC(=CCC=CCCl)C(=O)O. The van der Waals surface area contributed by atoms with Gasteiger partial charge in [0.25, 0.3) is 0 Å². The number of allylic oxidation sites excluding steroid dienone is 3. The molecule has 1 N–H and O–H groups in total. The molecule has 0 fully saturated rings. The number of rotatable bonds is 4. The molecule has 0 aromatic heterocycles. The van der Waals surface area contributed by atoms with Crippen LogP contribution in [0.1, 0.15) is 13.3 Å². The molecule has 0 atom stereocenters. The van der Waals surface area contributed by atoms with Crippen LogP contribution in [-0.2, 0) is 4.79 Å². The molecule has 0 aliphatic heterocycles. The van der Waals surface area contributed by atoms with Gasteiger partial charge in [-0.2, -0.15) is 0 Å². The number of hydrogen-bond donors (Lipinski definition) is 1. The molecule has 0 unspecified atom stereocenters. The third-order valence-electron chi connectivity index (χ3n) is 1.15. The fraction of sp³-hybridized carbons (Fsp3) is 0.375. The lowest BCUT2D eigenvalue weighted by molar-refractivity contribution is -0.132. The van der Waals surface area contributed by atoms with Gasteiger partial charge < -0.3 is 5.11 Å². The van der Waals surface area contributed by atoms with E-state index in [1.54, 1.807) is 19.1 Å². The van der Waals surface area contributed by atoms with Gasteiger partial charge in [0.15, 0.2) is 0 Å². The molecular weight excluding hydrogens is 164 g/mol. The highest BCUT2D eigenvalue weighted by atomic mass is 35.5. The van der Waals surface area contributed by atoms with E-state index in [1.807, 2.05) is 6.08 Å². The Morgan fingerprint density at radius 2 is 2.18 bits per heavy atom. The van der Waals surface area contributed by atoms with Crippen LogP contribution in [0.25, 0.3) is 0 Å². The van der Waals surface area contributed by atoms with Crippen molar-refractivity contribution in [3.63, 3.8) is 0 Å². The second-order valence-electron chi connectivity index (χ2n) is 2.05. The van der Waals surface area contributed by atoms with Gasteiger partial charge in [0.05, 0.1) is 0 Å². The molecule has 0 bridgehead atoms. The smallest absolute Gasteiger partial charge is 0.330 e. The van der Waals surface area contributed by atoms with Crippen molar-refractivity contribution >= 4 is 17.6 Å². The van der Waals surface area contributed by atoms with E-state index in [1.165, 1.54) is 0 Å². The highest BCUT2D eigenvalue weighted by Crippen LogP contribution is 1.96. The number of alkyl halides is 1. The quantitative estimate of drug-likeness (QED) is 0.403. The van der Waals surface area contributed by atoms with Crippen molar-refractivity contribution < 1.29 is 9.90 Å². The summed E-state index contributed by atoms with van der Waals surface area (Å²) in [6, 6.07) is 0. The van der Waals surface area contributed by atoms with E-state index in [2.05, 4.69) is 0 Å². The topological polar surface area (TPSA) is 37.3 Å². The maximum Gasteiger partial charge on any atom is 0.330 e. The van der Waals surface area contributed by atoms with E-state index in [9.17, 15) is 4.79 Å². The first-order valence-electron chi connectivity index (χ1n) is 3.29. The highest BCUT2D eigenvalue weighted by molar-refractivity contribution is 6.18. The molecule has 62 valence electrons. The van der Waals surface area contributed by atoms with Gasteiger partial charge >= 0.3 is 5.97 Å². The summed E-state index contributed by atoms with van der Waals surface area (Å²) in [4.78, 5) is 10.2. The Hall–Kier alpha value is -0.760. The van der Waals surface area contributed by atoms with Crippen LogP contribution in [0.4, 0.5) is 0 Å². The van der Waals surface area contributed by atoms with Crippen molar-refractivity contribution in [2.45, 2.75) is 13.3 Å². The van der Waals surface area contributed by atoms with Crippen molar-refractivity contribution in [1.29, 1.82) is 0 Å². The Bertz CT molecular complexity index is 183.